The maximum absolute atomic E-state index is 13.0. The van der Waals surface area contributed by atoms with Crippen LogP contribution in [0.4, 0.5) is 4.39 Å². The van der Waals surface area contributed by atoms with Crippen LogP contribution in [0.15, 0.2) is 0 Å². The Kier molecular flexibility index (Phi) is 6.42. The minimum absolute atomic E-state index is 0. The Morgan fingerprint density at radius 1 is 1.31 bits per heavy atom. The van der Waals surface area contributed by atoms with Gasteiger partial charge in [-0.2, -0.15) is 12.0 Å². The molecule has 0 N–H and O–H groups in total. The van der Waals surface area contributed by atoms with E-state index in [9.17, 15) is 4.39 Å². The Morgan fingerprint density at radius 3 is 2.75 bits per heavy atom. The summed E-state index contributed by atoms with van der Waals surface area (Å²) in [4.78, 5) is 0. The second kappa shape index (κ2) is 7.05. The smallest absolute Gasteiger partial charge is 0.0733 e. The van der Waals surface area contributed by atoms with Crippen LogP contribution in [0.1, 0.15) is 32.1 Å². The van der Waals surface area contributed by atoms with Crippen molar-refractivity contribution in [2.45, 2.75) is 50.4 Å². The Morgan fingerprint density at radius 2 is 2.12 bits per heavy atom. The topological polar surface area (TPSA) is 23.3 Å². The van der Waals surface area contributed by atoms with Gasteiger partial charge in [-0.05, 0) is 19.3 Å². The molecule has 0 aromatic rings. The van der Waals surface area contributed by atoms with Crippen LogP contribution in [0.3, 0.4) is 0 Å². The number of alkyl halides is 1. The molecule has 2 nitrogen and oxygen atoms in total. The van der Waals surface area contributed by atoms with Crippen LogP contribution in [0.5, 0.6) is 0 Å². The molecule has 0 aromatic heterocycles. The van der Waals surface area contributed by atoms with Crippen LogP contribution in [-0.4, -0.2) is 32.0 Å². The number of methoxy groups -OCH3 is 1. The minimum Gasteiger partial charge on any atom is -0.661 e. The van der Waals surface area contributed by atoms with Crippen LogP contribution >= 0.6 is 0 Å². The number of halogens is 1. The van der Waals surface area contributed by atoms with Crippen molar-refractivity contribution in [1.29, 1.82) is 0 Å². The first kappa shape index (κ1) is 14.6. The summed E-state index contributed by atoms with van der Waals surface area (Å²) in [5.41, 5.74) is 0. The number of piperidine rings is 1. The van der Waals surface area contributed by atoms with Gasteiger partial charge in [0.15, 0.2) is 0 Å². The zero-order chi connectivity index (χ0) is 10.7. The maximum Gasteiger partial charge on any atom is 0.0733 e. The van der Waals surface area contributed by atoms with E-state index in [2.05, 4.69) is 11.7 Å². The Hall–Kier alpha value is 0.499. The van der Waals surface area contributed by atoms with E-state index in [1.54, 1.807) is 7.11 Å². The van der Waals surface area contributed by atoms with E-state index in [-0.39, 0.29) is 20.1 Å². The first-order valence-corrected chi connectivity index (χ1v) is 5.96. The van der Waals surface area contributed by atoms with E-state index >= 15 is 0 Å². The summed E-state index contributed by atoms with van der Waals surface area (Å²) in [5, 5.41) is 4.64. The number of hydrogen-bond acceptors (Lipinski definition) is 1. The van der Waals surface area contributed by atoms with Crippen molar-refractivity contribution in [2.75, 3.05) is 13.7 Å². The molecule has 1 aliphatic carbocycles. The van der Waals surface area contributed by atoms with Crippen molar-refractivity contribution in [3.8, 4) is 0 Å². The van der Waals surface area contributed by atoms with Crippen LogP contribution in [0.25, 0.3) is 5.32 Å². The third-order valence-corrected chi connectivity index (χ3v) is 3.65. The third-order valence-electron chi connectivity index (χ3n) is 3.65. The van der Waals surface area contributed by atoms with Crippen molar-refractivity contribution in [3.63, 3.8) is 0 Å². The van der Waals surface area contributed by atoms with Gasteiger partial charge in [0.1, 0.15) is 0 Å². The molecule has 1 heterocycles. The Labute approximate surface area is 111 Å². The van der Waals surface area contributed by atoms with Gasteiger partial charge in [0.25, 0.3) is 0 Å². The quantitative estimate of drug-likeness (QED) is 0.648. The van der Waals surface area contributed by atoms with Crippen LogP contribution in [-0.2, 0) is 24.8 Å². The molecular formula is C12H20FIrNO-2. The van der Waals surface area contributed by atoms with Gasteiger partial charge in [-0.15, -0.1) is 13.0 Å². The van der Waals surface area contributed by atoms with E-state index < -0.39 is 6.17 Å². The molecule has 4 heteroatoms. The molecule has 2 rings (SSSR count). The molecule has 2 aliphatic rings. The molecule has 16 heavy (non-hydrogen) atoms. The van der Waals surface area contributed by atoms with E-state index in [0.717, 1.165) is 25.8 Å². The van der Waals surface area contributed by atoms with Crippen molar-refractivity contribution in [3.05, 3.63) is 11.7 Å². The predicted molar refractivity (Wildman–Crippen MR) is 58.6 cm³/mol. The fourth-order valence-electron chi connectivity index (χ4n) is 2.65. The average molecular weight is 406 g/mol. The van der Waals surface area contributed by atoms with Gasteiger partial charge in [-0.3, -0.25) is 4.39 Å². The SMILES string of the molecule is COC1CC[N-]C(C2[CH-]CC(F)CC2)C1.[Ir]. The van der Waals surface area contributed by atoms with Crippen molar-refractivity contribution < 1.29 is 29.2 Å². The molecule has 0 aromatic carbocycles. The Balaban J connectivity index is 0.00000128. The first-order chi connectivity index (χ1) is 7.29. The fraction of sp³-hybridized carbons (Fsp3) is 0.917. The standard InChI is InChI=1S/C12H20FNO.Ir/c1-15-11-6-7-14-12(8-11)9-2-4-10(13)5-3-9;/h2,9-12H,3-8H2,1H3;/q-2;. The number of ether oxygens (including phenoxy) is 1. The first-order valence-electron chi connectivity index (χ1n) is 5.96. The fourth-order valence-corrected chi connectivity index (χ4v) is 2.65. The summed E-state index contributed by atoms with van der Waals surface area (Å²) in [6.45, 7) is 0.909. The molecule has 1 radical (unpaired) electrons. The largest absolute Gasteiger partial charge is 0.661 e. The van der Waals surface area contributed by atoms with Gasteiger partial charge in [0.05, 0.1) is 12.3 Å². The number of nitrogens with zero attached hydrogens (tertiary/aromatic N) is 1. The molecule has 4 unspecified atom stereocenters. The zero-order valence-corrected chi connectivity index (χ0v) is 12.1. The summed E-state index contributed by atoms with van der Waals surface area (Å²) in [6, 6.07) is 0.385. The van der Waals surface area contributed by atoms with Crippen molar-refractivity contribution in [2.24, 2.45) is 5.92 Å². The summed E-state index contributed by atoms with van der Waals surface area (Å²) < 4.78 is 18.4. The molecule has 1 saturated carbocycles. The molecule has 0 spiro atoms. The van der Waals surface area contributed by atoms with Gasteiger partial charge in [0, 0.05) is 27.2 Å². The maximum atomic E-state index is 13.0. The third kappa shape index (κ3) is 3.76. The van der Waals surface area contributed by atoms with Gasteiger partial charge in [0.2, 0.25) is 0 Å². The van der Waals surface area contributed by atoms with Gasteiger partial charge in [-0.1, -0.05) is 6.42 Å². The average Bonchev–Trinajstić information content (AvgIpc) is 2.30. The predicted octanol–water partition coefficient (Wildman–Crippen LogP) is 2.88. The normalized spacial score (nSPS) is 40.1. The van der Waals surface area contributed by atoms with Crippen LogP contribution in [0.2, 0.25) is 0 Å². The second-order valence-corrected chi connectivity index (χ2v) is 4.67. The molecule has 1 aliphatic heterocycles. The zero-order valence-electron chi connectivity index (χ0n) is 9.70. The molecule has 0 bridgehead atoms. The summed E-state index contributed by atoms with van der Waals surface area (Å²) in [6.07, 6.45) is 6.26. The van der Waals surface area contributed by atoms with E-state index in [1.165, 1.54) is 0 Å². The van der Waals surface area contributed by atoms with Crippen LogP contribution in [0, 0.1) is 12.3 Å². The molecule has 1 saturated heterocycles. The van der Waals surface area contributed by atoms with E-state index in [1.807, 2.05) is 0 Å². The number of rotatable bonds is 2. The van der Waals surface area contributed by atoms with Gasteiger partial charge in [-0.25, -0.2) is 0 Å². The minimum atomic E-state index is -0.608. The molecule has 2 fully saturated rings. The molecule has 0 amide bonds. The van der Waals surface area contributed by atoms with Gasteiger partial charge >= 0.3 is 0 Å². The van der Waals surface area contributed by atoms with Crippen LogP contribution < -0.4 is 0 Å². The van der Waals surface area contributed by atoms with E-state index in [4.69, 9.17) is 4.74 Å². The van der Waals surface area contributed by atoms with Crippen molar-refractivity contribution >= 4 is 0 Å². The van der Waals surface area contributed by atoms with E-state index in [0.29, 0.717) is 30.9 Å². The summed E-state index contributed by atoms with van der Waals surface area (Å²) in [7, 11) is 1.77. The molecule has 97 valence electrons. The molecule has 4 atom stereocenters. The molecular weight excluding hydrogens is 385 g/mol. The van der Waals surface area contributed by atoms with Crippen molar-refractivity contribution in [1.82, 2.24) is 0 Å². The second-order valence-electron chi connectivity index (χ2n) is 4.67. The monoisotopic (exact) mass is 406 g/mol. The number of hydrogen-bond donors (Lipinski definition) is 0. The summed E-state index contributed by atoms with van der Waals surface area (Å²) in [5.74, 6) is 0.495. The summed E-state index contributed by atoms with van der Waals surface area (Å²) >= 11 is 0. The van der Waals surface area contributed by atoms with Gasteiger partial charge < -0.3 is 16.5 Å². The Bertz CT molecular complexity index is 197.